The van der Waals surface area contributed by atoms with Crippen LogP contribution in [-0.4, -0.2) is 15.5 Å². The first-order chi connectivity index (χ1) is 13.3. The monoisotopic (exact) mass is 446 g/mol. The lowest BCUT2D eigenvalue weighted by atomic mass is 10.2. The Morgan fingerprint density at radius 3 is 1.03 bits per heavy atom. The fraction of sp³-hybridized carbons (Fsp3) is 0.538. The van der Waals surface area contributed by atoms with Crippen LogP contribution in [-0.2, 0) is 12.3 Å². The molecule has 0 aliphatic heterocycles. The second kappa shape index (κ2) is 9.90. The highest BCUT2D eigenvalue weighted by Gasteiger charge is 2.45. The molecule has 0 aromatic heterocycles. The molecule has 0 radical (unpaired) electrons. The predicted octanol–water partition coefficient (Wildman–Crippen LogP) is 10.1. The van der Waals surface area contributed by atoms with E-state index < -0.39 is 0 Å². The lowest BCUT2D eigenvalue weighted by molar-refractivity contribution is 0.769. The molecule has 2 aromatic rings. The van der Waals surface area contributed by atoms with Crippen molar-refractivity contribution >= 4 is 22.5 Å². The van der Waals surface area contributed by atoms with Gasteiger partial charge in [-0.3, -0.25) is 0 Å². The lowest BCUT2D eigenvalue weighted by Gasteiger charge is -2.52. The van der Waals surface area contributed by atoms with E-state index in [1.54, 1.807) is 0 Å². The number of hydrogen-bond donors (Lipinski definition) is 0. The summed E-state index contributed by atoms with van der Waals surface area (Å²) in [5.74, 6) is 0. The van der Waals surface area contributed by atoms with Crippen LogP contribution in [0.4, 0.5) is 0 Å². The van der Waals surface area contributed by atoms with Crippen molar-refractivity contribution in [1.82, 2.24) is 0 Å². The third-order valence-electron chi connectivity index (χ3n) is 4.96. The number of hydrogen-bond acceptors (Lipinski definition) is 0. The van der Waals surface area contributed by atoms with Crippen LogP contribution < -0.4 is 0 Å². The second-order valence-electron chi connectivity index (χ2n) is 10.9. The molecule has 0 saturated heterocycles. The summed E-state index contributed by atoms with van der Waals surface area (Å²) >= 11 is 0. The summed E-state index contributed by atoms with van der Waals surface area (Å²) < 4.78 is 0. The van der Waals surface area contributed by atoms with Gasteiger partial charge in [-0.15, -0.1) is 0 Å². The Balaban J connectivity index is 2.53. The van der Waals surface area contributed by atoms with Crippen LogP contribution >= 0.6 is 22.5 Å². The molecule has 0 fully saturated rings. The molecule has 0 amide bonds. The third kappa shape index (κ3) is 7.42. The summed E-state index contributed by atoms with van der Waals surface area (Å²) in [6.45, 7) is 22.6. The molecule has 29 heavy (non-hydrogen) atoms. The van der Waals surface area contributed by atoms with Gasteiger partial charge in [-0.2, -0.15) is 0 Å². The summed E-state index contributed by atoms with van der Waals surface area (Å²) in [4.78, 5) is 0. The van der Waals surface area contributed by atoms with E-state index in [-0.39, 0.29) is 22.5 Å². The highest BCUT2D eigenvalue weighted by molar-refractivity contribution is 8.61. The van der Waals surface area contributed by atoms with Crippen molar-refractivity contribution in [2.45, 2.75) is 90.1 Å². The average molecular weight is 447 g/mol. The molecule has 0 saturated carbocycles. The number of benzene rings is 2. The quantitative estimate of drug-likeness (QED) is 0.387. The first-order valence-electron chi connectivity index (χ1n) is 10.7. The van der Waals surface area contributed by atoms with E-state index in [0.717, 1.165) is 0 Å². The largest absolute Gasteiger partial charge is 0.0660 e. The van der Waals surface area contributed by atoms with Gasteiger partial charge in [0.05, 0.1) is 0 Å². The molecule has 2 aromatic carbocycles. The molecule has 3 heteroatoms. The molecule has 0 spiro atoms. The van der Waals surface area contributed by atoms with Crippen molar-refractivity contribution in [3.8, 4) is 0 Å². The summed E-state index contributed by atoms with van der Waals surface area (Å²) in [6.07, 6.45) is 2.51. The van der Waals surface area contributed by atoms with E-state index in [2.05, 4.69) is 123 Å². The molecule has 160 valence electrons. The molecule has 0 aliphatic rings. The maximum Gasteiger partial charge on any atom is -0.00263 e. The van der Waals surface area contributed by atoms with E-state index in [0.29, 0.717) is 15.5 Å². The van der Waals surface area contributed by atoms with Gasteiger partial charge in [-0.25, -0.2) is 0 Å². The zero-order valence-electron chi connectivity index (χ0n) is 20.0. The molecule has 2 atom stereocenters. The van der Waals surface area contributed by atoms with Gasteiger partial charge >= 0.3 is 0 Å². The average Bonchev–Trinajstić information content (AvgIpc) is 2.59. The van der Waals surface area contributed by atoms with Gasteiger partial charge in [0.1, 0.15) is 0 Å². The molecule has 2 unspecified atom stereocenters. The van der Waals surface area contributed by atoms with Crippen LogP contribution in [0.2, 0.25) is 0 Å². The van der Waals surface area contributed by atoms with E-state index in [4.69, 9.17) is 0 Å². The summed E-state index contributed by atoms with van der Waals surface area (Å²) in [5.41, 5.74) is 3.04. The topological polar surface area (TPSA) is 0 Å². The summed E-state index contributed by atoms with van der Waals surface area (Å²) in [5, 5.41) is 1.07. The van der Waals surface area contributed by atoms with Gasteiger partial charge in [0, 0.05) is 0 Å². The fourth-order valence-corrected chi connectivity index (χ4v) is 27.4. The molecule has 0 N–H and O–H groups in total. The molecular formula is C26H41P3. The molecule has 0 bridgehead atoms. The van der Waals surface area contributed by atoms with Crippen LogP contribution in [0.25, 0.3) is 0 Å². The Morgan fingerprint density at radius 2 is 0.793 bits per heavy atom. The Bertz CT molecular complexity index is 674. The first kappa shape index (κ1) is 25.0. The van der Waals surface area contributed by atoms with Crippen molar-refractivity contribution in [3.63, 3.8) is 0 Å². The van der Waals surface area contributed by atoms with Crippen LogP contribution in [0.5, 0.6) is 0 Å². The Kier molecular flexibility index (Phi) is 8.53. The van der Waals surface area contributed by atoms with E-state index in [1.807, 2.05) is 0 Å². The molecule has 2 rings (SSSR count). The highest BCUT2D eigenvalue weighted by Crippen LogP contribution is 2.97. The van der Waals surface area contributed by atoms with Gasteiger partial charge in [0.25, 0.3) is 0 Å². The van der Waals surface area contributed by atoms with E-state index in [1.165, 1.54) is 23.5 Å². The van der Waals surface area contributed by atoms with Crippen molar-refractivity contribution < 1.29 is 0 Å². The minimum Gasteiger partial charge on any atom is -0.0660 e. The summed E-state index contributed by atoms with van der Waals surface area (Å²) in [7, 11) is -0.394. The van der Waals surface area contributed by atoms with Gasteiger partial charge in [0.15, 0.2) is 0 Å². The predicted molar refractivity (Wildman–Crippen MR) is 140 cm³/mol. The smallest absolute Gasteiger partial charge is 0.00263 e. The highest BCUT2D eigenvalue weighted by atomic mass is 32.5. The number of rotatable bonds is 6. The normalized spacial score (nSPS) is 16.3. The standard InChI is InChI=1S/C26H41P3/c1-24(2,3)27(20-22-16-12-10-13-17-22)29(26(7,8)9)28(25(4,5)6)21-23-18-14-11-15-19-23/h10-19H,20-21H2,1-9H3. The lowest BCUT2D eigenvalue weighted by Crippen LogP contribution is -2.22. The zero-order valence-corrected chi connectivity index (χ0v) is 22.7. The second-order valence-corrected chi connectivity index (χ2v) is 24.0. The van der Waals surface area contributed by atoms with Crippen LogP contribution in [0, 0.1) is 0 Å². The first-order valence-corrected chi connectivity index (χ1v) is 16.5. The van der Waals surface area contributed by atoms with Gasteiger partial charge in [0.2, 0.25) is 0 Å². The van der Waals surface area contributed by atoms with E-state index >= 15 is 0 Å². The minimum absolute atomic E-state index is 0.122. The molecular weight excluding hydrogens is 405 g/mol. The zero-order chi connectivity index (χ0) is 21.9. The Hall–Kier alpha value is -0.270. The molecule has 0 aliphatic carbocycles. The SMILES string of the molecule is CC(C)(C)P(Cc1ccccc1)P(P(Cc1ccccc1)C(C)(C)C)C(C)(C)C. The van der Waals surface area contributed by atoms with Crippen molar-refractivity contribution in [2.24, 2.45) is 0 Å². The molecule has 0 heterocycles. The Morgan fingerprint density at radius 1 is 0.483 bits per heavy atom. The van der Waals surface area contributed by atoms with Crippen molar-refractivity contribution in [3.05, 3.63) is 71.8 Å². The van der Waals surface area contributed by atoms with Gasteiger partial charge in [-0.1, -0.05) is 138 Å². The minimum atomic E-state index is -0.136. The maximum absolute atomic E-state index is 2.52. The van der Waals surface area contributed by atoms with Gasteiger partial charge in [-0.05, 0) is 46.2 Å². The van der Waals surface area contributed by atoms with Gasteiger partial charge < -0.3 is 0 Å². The summed E-state index contributed by atoms with van der Waals surface area (Å²) in [6, 6.07) is 22.5. The third-order valence-corrected chi connectivity index (χ3v) is 26.2. The van der Waals surface area contributed by atoms with Crippen molar-refractivity contribution in [2.75, 3.05) is 0 Å². The van der Waals surface area contributed by atoms with Crippen LogP contribution in [0.3, 0.4) is 0 Å². The van der Waals surface area contributed by atoms with Crippen LogP contribution in [0.1, 0.15) is 73.4 Å². The fourth-order valence-electron chi connectivity index (χ4n) is 3.54. The van der Waals surface area contributed by atoms with E-state index in [9.17, 15) is 0 Å². The van der Waals surface area contributed by atoms with Crippen molar-refractivity contribution in [1.29, 1.82) is 0 Å². The Labute approximate surface area is 184 Å². The van der Waals surface area contributed by atoms with Crippen LogP contribution in [0.15, 0.2) is 60.7 Å². The molecule has 0 nitrogen and oxygen atoms in total. The maximum atomic E-state index is 2.52.